The number of carbonyl (C=O) groups excluding carboxylic acids is 1. The molecule has 1 heterocycles. The zero-order valence-corrected chi connectivity index (χ0v) is 16.0. The minimum absolute atomic E-state index is 0.126. The van der Waals surface area contributed by atoms with Gasteiger partial charge in [0.15, 0.2) is 0 Å². The lowest BCUT2D eigenvalue weighted by Gasteiger charge is -2.05. The Hall–Kier alpha value is -2.51. The molecule has 2 N–H and O–H groups in total. The van der Waals surface area contributed by atoms with Crippen molar-refractivity contribution in [2.45, 2.75) is 13.0 Å². The quantitative estimate of drug-likeness (QED) is 0.615. The molecule has 0 aliphatic rings. The van der Waals surface area contributed by atoms with Crippen LogP contribution in [0.5, 0.6) is 0 Å². The smallest absolute Gasteiger partial charge is 0.335 e. The van der Waals surface area contributed by atoms with Gasteiger partial charge < -0.3 is 10.4 Å². The molecule has 132 valence electrons. The molecule has 3 rings (SSSR count). The number of aromatic carboxylic acids is 1. The summed E-state index contributed by atoms with van der Waals surface area (Å²) in [6, 6.07) is 14.3. The standard InChI is InChI=1S/C19H15BrN2O3S/c20-15-3-1-2-14(8-15)18-22-16(11-26-18)9-17(23)21-10-12-4-6-13(7-5-12)19(24)25/h1-8,11H,9-10H2,(H,21,23)(H,24,25). The van der Waals surface area contributed by atoms with Gasteiger partial charge in [-0.3, -0.25) is 4.79 Å². The Morgan fingerprint density at radius 2 is 1.92 bits per heavy atom. The van der Waals surface area contributed by atoms with E-state index in [9.17, 15) is 9.59 Å². The average molecular weight is 431 g/mol. The molecule has 0 aliphatic carbocycles. The number of hydrogen-bond acceptors (Lipinski definition) is 4. The van der Waals surface area contributed by atoms with Crippen LogP contribution in [0.15, 0.2) is 58.4 Å². The maximum absolute atomic E-state index is 12.1. The first-order chi connectivity index (χ1) is 12.5. The van der Waals surface area contributed by atoms with Crippen molar-refractivity contribution in [1.82, 2.24) is 10.3 Å². The number of carboxylic acids is 1. The van der Waals surface area contributed by atoms with Gasteiger partial charge in [0, 0.05) is 22.0 Å². The molecule has 0 bridgehead atoms. The molecule has 0 fully saturated rings. The van der Waals surface area contributed by atoms with E-state index in [1.165, 1.54) is 23.5 Å². The van der Waals surface area contributed by atoms with Crippen molar-refractivity contribution in [3.8, 4) is 10.6 Å². The van der Waals surface area contributed by atoms with Crippen LogP contribution < -0.4 is 5.32 Å². The van der Waals surface area contributed by atoms with Crippen LogP contribution in [0.25, 0.3) is 10.6 Å². The van der Waals surface area contributed by atoms with E-state index in [-0.39, 0.29) is 17.9 Å². The van der Waals surface area contributed by atoms with E-state index in [1.807, 2.05) is 29.6 Å². The topological polar surface area (TPSA) is 79.3 Å². The van der Waals surface area contributed by atoms with Gasteiger partial charge in [-0.15, -0.1) is 11.3 Å². The molecule has 0 radical (unpaired) electrons. The number of amides is 1. The van der Waals surface area contributed by atoms with Crippen LogP contribution in [0.4, 0.5) is 0 Å². The lowest BCUT2D eigenvalue weighted by atomic mass is 10.1. The van der Waals surface area contributed by atoms with Crippen molar-refractivity contribution in [2.24, 2.45) is 0 Å². The molecule has 0 saturated heterocycles. The third kappa shape index (κ3) is 4.77. The molecule has 2 aromatic carbocycles. The lowest BCUT2D eigenvalue weighted by Crippen LogP contribution is -2.24. The van der Waals surface area contributed by atoms with Gasteiger partial charge in [-0.2, -0.15) is 0 Å². The molecule has 1 amide bonds. The lowest BCUT2D eigenvalue weighted by molar-refractivity contribution is -0.120. The fraction of sp³-hybridized carbons (Fsp3) is 0.105. The molecule has 0 saturated carbocycles. The first kappa shape index (κ1) is 18.3. The van der Waals surface area contributed by atoms with Crippen molar-refractivity contribution < 1.29 is 14.7 Å². The van der Waals surface area contributed by atoms with Crippen molar-refractivity contribution in [1.29, 1.82) is 0 Å². The van der Waals surface area contributed by atoms with Crippen LogP contribution in [-0.4, -0.2) is 22.0 Å². The summed E-state index contributed by atoms with van der Waals surface area (Å²) >= 11 is 4.95. The minimum atomic E-state index is -0.967. The number of hydrogen-bond donors (Lipinski definition) is 2. The van der Waals surface area contributed by atoms with Gasteiger partial charge in [-0.05, 0) is 29.8 Å². The second kappa shape index (κ2) is 8.25. The van der Waals surface area contributed by atoms with Crippen LogP contribution in [0.1, 0.15) is 21.6 Å². The highest BCUT2D eigenvalue weighted by atomic mass is 79.9. The Morgan fingerprint density at radius 3 is 2.62 bits per heavy atom. The van der Waals surface area contributed by atoms with E-state index in [0.717, 1.165) is 26.3 Å². The summed E-state index contributed by atoms with van der Waals surface area (Å²) < 4.78 is 0.985. The summed E-state index contributed by atoms with van der Waals surface area (Å²) in [5, 5.41) is 14.5. The number of nitrogens with zero attached hydrogens (tertiary/aromatic N) is 1. The van der Waals surface area contributed by atoms with E-state index < -0.39 is 5.97 Å². The van der Waals surface area contributed by atoms with Gasteiger partial charge in [0.05, 0.1) is 17.7 Å². The number of benzene rings is 2. The van der Waals surface area contributed by atoms with E-state index in [0.29, 0.717) is 6.54 Å². The molecule has 5 nitrogen and oxygen atoms in total. The van der Waals surface area contributed by atoms with Gasteiger partial charge in [0.1, 0.15) is 5.01 Å². The molecule has 0 unspecified atom stereocenters. The van der Waals surface area contributed by atoms with Crippen LogP contribution in [0.3, 0.4) is 0 Å². The number of rotatable bonds is 6. The molecule has 0 atom stereocenters. The number of carbonyl (C=O) groups is 2. The Labute approximate surface area is 162 Å². The largest absolute Gasteiger partial charge is 0.478 e. The van der Waals surface area contributed by atoms with Gasteiger partial charge in [-0.25, -0.2) is 9.78 Å². The highest BCUT2D eigenvalue weighted by molar-refractivity contribution is 9.10. The summed E-state index contributed by atoms with van der Waals surface area (Å²) in [7, 11) is 0. The van der Waals surface area contributed by atoms with Crippen molar-refractivity contribution in [3.63, 3.8) is 0 Å². The number of carboxylic acid groups (broad SMARTS) is 1. The molecule has 1 aromatic heterocycles. The summed E-state index contributed by atoms with van der Waals surface area (Å²) in [5.74, 6) is -1.09. The van der Waals surface area contributed by atoms with E-state index in [1.54, 1.807) is 12.1 Å². The number of thiazole rings is 1. The molecular formula is C19H15BrN2O3S. The van der Waals surface area contributed by atoms with Crippen LogP contribution in [0, 0.1) is 0 Å². The fourth-order valence-electron chi connectivity index (χ4n) is 2.34. The van der Waals surface area contributed by atoms with Crippen LogP contribution in [-0.2, 0) is 17.8 Å². The summed E-state index contributed by atoms with van der Waals surface area (Å²) in [4.78, 5) is 27.5. The van der Waals surface area contributed by atoms with E-state index in [4.69, 9.17) is 5.11 Å². The number of halogens is 1. The predicted octanol–water partition coefficient (Wildman–Crippen LogP) is 4.13. The maximum Gasteiger partial charge on any atom is 0.335 e. The van der Waals surface area contributed by atoms with Crippen molar-refractivity contribution in [2.75, 3.05) is 0 Å². The summed E-state index contributed by atoms with van der Waals surface area (Å²) in [6.45, 7) is 0.349. The van der Waals surface area contributed by atoms with Gasteiger partial charge in [0.2, 0.25) is 5.91 Å². The fourth-order valence-corrected chi connectivity index (χ4v) is 3.55. The van der Waals surface area contributed by atoms with E-state index in [2.05, 4.69) is 26.2 Å². The Morgan fingerprint density at radius 1 is 1.15 bits per heavy atom. The summed E-state index contributed by atoms with van der Waals surface area (Å²) in [6.07, 6.45) is 0.206. The van der Waals surface area contributed by atoms with Gasteiger partial charge in [0.25, 0.3) is 0 Å². The first-order valence-corrected chi connectivity index (χ1v) is 9.48. The third-order valence-electron chi connectivity index (χ3n) is 3.66. The SMILES string of the molecule is O=C(Cc1csc(-c2cccc(Br)c2)n1)NCc1ccc(C(=O)O)cc1. The molecule has 0 spiro atoms. The van der Waals surface area contributed by atoms with Crippen molar-refractivity contribution >= 4 is 39.1 Å². The van der Waals surface area contributed by atoms with Crippen molar-refractivity contribution in [3.05, 3.63) is 75.2 Å². The van der Waals surface area contributed by atoms with Gasteiger partial charge >= 0.3 is 5.97 Å². The third-order valence-corrected chi connectivity index (χ3v) is 5.09. The number of nitrogens with one attached hydrogen (secondary N) is 1. The zero-order chi connectivity index (χ0) is 18.5. The number of aromatic nitrogens is 1. The zero-order valence-electron chi connectivity index (χ0n) is 13.6. The molecule has 3 aromatic rings. The monoisotopic (exact) mass is 430 g/mol. The normalized spacial score (nSPS) is 10.5. The van der Waals surface area contributed by atoms with Gasteiger partial charge in [-0.1, -0.05) is 40.2 Å². The average Bonchev–Trinajstić information content (AvgIpc) is 3.09. The maximum atomic E-state index is 12.1. The summed E-state index contributed by atoms with van der Waals surface area (Å²) in [5.41, 5.74) is 2.80. The predicted molar refractivity (Wildman–Crippen MR) is 104 cm³/mol. The highest BCUT2D eigenvalue weighted by Gasteiger charge is 2.10. The molecule has 7 heteroatoms. The van der Waals surface area contributed by atoms with E-state index >= 15 is 0 Å². The molecule has 26 heavy (non-hydrogen) atoms. The minimum Gasteiger partial charge on any atom is -0.478 e. The Kier molecular flexibility index (Phi) is 5.80. The van der Waals surface area contributed by atoms with Crippen LogP contribution >= 0.6 is 27.3 Å². The second-order valence-electron chi connectivity index (χ2n) is 5.61. The Bertz CT molecular complexity index is 938. The van der Waals surface area contributed by atoms with Crippen LogP contribution in [0.2, 0.25) is 0 Å². The first-order valence-electron chi connectivity index (χ1n) is 7.80. The second-order valence-corrected chi connectivity index (χ2v) is 7.38. The highest BCUT2D eigenvalue weighted by Crippen LogP contribution is 2.26. The Balaban J connectivity index is 1.56. The molecular weight excluding hydrogens is 416 g/mol. The molecule has 0 aliphatic heterocycles.